The molecule has 0 bridgehead atoms. The number of carbonyl (C=O) groups is 1. The molecule has 0 aliphatic heterocycles. The summed E-state index contributed by atoms with van der Waals surface area (Å²) in [7, 11) is 0. The molecule has 0 spiro atoms. The number of hydrogen-bond acceptors (Lipinski definition) is 1. The average molecular weight is 146 g/mol. The van der Waals surface area contributed by atoms with Crippen molar-refractivity contribution in [2.24, 2.45) is 0 Å². The molecule has 0 rings (SSSR count). The van der Waals surface area contributed by atoms with Gasteiger partial charge in [-0.3, -0.25) is 4.79 Å². The van der Waals surface area contributed by atoms with Crippen LogP contribution >= 0.6 is 0 Å². The van der Waals surface area contributed by atoms with E-state index in [4.69, 9.17) is 5.11 Å². The Balaban J connectivity index is -0.0000000300. The normalized spacial score (nSPS) is 6.78. The molecule has 0 atom stereocenters. The maximum Gasteiger partial charge on any atom is 2.00 e. The summed E-state index contributed by atoms with van der Waals surface area (Å²) in [5.41, 5.74) is 0. The topological polar surface area (TPSA) is 68.8 Å². The fraction of sp³-hybridized carbons (Fsp3) is 0.800. The number of aliphatic carboxylic acids is 1. The van der Waals surface area contributed by atoms with Crippen LogP contribution in [0.5, 0.6) is 0 Å². The molecule has 0 aliphatic rings. The predicted octanol–water partition coefficient (Wildman–Crippen LogP) is 0.281. The predicted molar refractivity (Wildman–Crippen MR) is 38.8 cm³/mol. The molecule has 0 aliphatic carbocycles. The molecule has 0 saturated heterocycles. The zero-order valence-electron chi connectivity index (χ0n) is 7.68. The summed E-state index contributed by atoms with van der Waals surface area (Å²) < 4.78 is 0. The first-order chi connectivity index (χ1) is 3.27. The van der Waals surface area contributed by atoms with E-state index >= 15 is 0 Å². The monoisotopic (exact) mass is 146 g/mol. The van der Waals surface area contributed by atoms with Crippen molar-refractivity contribution in [2.75, 3.05) is 0 Å². The summed E-state index contributed by atoms with van der Waals surface area (Å²) in [6, 6.07) is 0. The molecule has 9 heavy (non-hydrogen) atoms. The van der Waals surface area contributed by atoms with Crippen molar-refractivity contribution in [1.82, 2.24) is 0 Å². The van der Waals surface area contributed by atoms with Crippen molar-refractivity contribution in [2.45, 2.75) is 26.2 Å². The van der Waals surface area contributed by atoms with Crippen LogP contribution in [-0.2, 0) is 4.79 Å². The Morgan fingerprint density at radius 2 is 2.11 bits per heavy atom. The Morgan fingerprint density at radius 3 is 2.22 bits per heavy atom. The van der Waals surface area contributed by atoms with Gasteiger partial charge in [0.1, 0.15) is 0 Å². The van der Waals surface area contributed by atoms with Gasteiger partial charge >= 0.3 is 29.0 Å². The molecule has 3 N–H and O–H groups in total. The van der Waals surface area contributed by atoms with E-state index in [1.165, 1.54) is 0 Å². The zero-order valence-corrected chi connectivity index (χ0v) is 7.10. The fourth-order valence-corrected chi connectivity index (χ4v) is 0.328. The van der Waals surface area contributed by atoms with E-state index in [0.29, 0.717) is 6.42 Å². The van der Waals surface area contributed by atoms with Crippen LogP contribution in [0.15, 0.2) is 0 Å². The first kappa shape index (κ1) is 16.1. The first-order valence-corrected chi connectivity index (χ1v) is 2.49. The van der Waals surface area contributed by atoms with Gasteiger partial charge < -0.3 is 13.4 Å². The summed E-state index contributed by atoms with van der Waals surface area (Å²) in [6.07, 6.45) is 2.08. The van der Waals surface area contributed by atoms with Crippen LogP contribution in [0.2, 0.25) is 0 Å². The molecular weight excluding hydrogens is 132 g/mol. The van der Waals surface area contributed by atoms with Gasteiger partial charge in [0.05, 0.1) is 0 Å². The third-order valence-corrected chi connectivity index (χ3v) is 0.744. The van der Waals surface area contributed by atoms with E-state index in [2.05, 4.69) is 0 Å². The van der Waals surface area contributed by atoms with Crippen molar-refractivity contribution in [3.8, 4) is 0 Å². The summed E-state index contributed by atoms with van der Waals surface area (Å²) in [4.78, 5) is 9.76. The minimum atomic E-state index is -0.693. The molecule has 3 nitrogen and oxygen atoms in total. The molecule has 0 aromatic heterocycles. The Morgan fingerprint density at radius 1 is 1.67 bits per heavy atom. The minimum absolute atomic E-state index is 0. The van der Waals surface area contributed by atoms with Crippen LogP contribution in [0.25, 0.3) is 0 Å². The Labute approximate surface area is 73.9 Å². The van der Waals surface area contributed by atoms with E-state index < -0.39 is 5.97 Å². The zero-order chi connectivity index (χ0) is 5.70. The molecule has 0 amide bonds. The van der Waals surface area contributed by atoms with Gasteiger partial charge in [-0.05, 0) is 6.42 Å². The molecule has 0 unspecified atom stereocenters. The van der Waals surface area contributed by atoms with E-state index in [0.717, 1.165) is 12.8 Å². The third kappa shape index (κ3) is 17.9. The van der Waals surface area contributed by atoms with Gasteiger partial charge in [0.2, 0.25) is 0 Å². The number of unbranched alkanes of at least 4 members (excludes halogenated alkanes) is 1. The van der Waals surface area contributed by atoms with E-state index in [9.17, 15) is 4.79 Å². The van der Waals surface area contributed by atoms with Gasteiger partial charge in [-0.2, -0.15) is 0 Å². The van der Waals surface area contributed by atoms with E-state index in [-0.39, 0.29) is 31.4 Å². The summed E-state index contributed by atoms with van der Waals surface area (Å²) in [6.45, 7) is 1.98. The fourth-order valence-electron chi connectivity index (χ4n) is 0.328. The quantitative estimate of drug-likeness (QED) is 0.581. The number of hydrogen-bond donors (Lipinski definition) is 1. The number of rotatable bonds is 3. The van der Waals surface area contributed by atoms with E-state index in [1.807, 2.05) is 6.92 Å². The molecular formula is C5H14MgO3. The van der Waals surface area contributed by atoms with Crippen molar-refractivity contribution in [3.05, 3.63) is 0 Å². The van der Waals surface area contributed by atoms with Gasteiger partial charge in [0.25, 0.3) is 0 Å². The molecule has 4 heteroatoms. The third-order valence-electron chi connectivity index (χ3n) is 0.744. The molecule has 0 aromatic carbocycles. The maximum absolute atomic E-state index is 9.76. The summed E-state index contributed by atoms with van der Waals surface area (Å²) in [5, 5.41) is 8.04. The Hall–Kier alpha value is 0.196. The molecule has 0 radical (unpaired) electrons. The molecule has 0 fully saturated rings. The molecule has 54 valence electrons. The van der Waals surface area contributed by atoms with E-state index in [1.54, 1.807) is 0 Å². The molecule has 0 heterocycles. The van der Waals surface area contributed by atoms with Crippen molar-refractivity contribution in [3.63, 3.8) is 0 Å². The van der Waals surface area contributed by atoms with Crippen LogP contribution in [-0.4, -0.2) is 39.6 Å². The molecule has 0 saturated carbocycles. The average Bonchev–Trinajstić information content (AvgIpc) is 1.61. The van der Waals surface area contributed by atoms with Crippen molar-refractivity contribution < 1.29 is 18.2 Å². The second-order valence-electron chi connectivity index (χ2n) is 1.50. The van der Waals surface area contributed by atoms with Crippen LogP contribution in [0.1, 0.15) is 29.0 Å². The van der Waals surface area contributed by atoms with Gasteiger partial charge in [-0.1, -0.05) is 13.3 Å². The van der Waals surface area contributed by atoms with Crippen molar-refractivity contribution in [1.29, 1.82) is 0 Å². The smallest absolute Gasteiger partial charge is 1.00 e. The Bertz CT molecular complexity index is 72.7. The maximum atomic E-state index is 9.76. The second-order valence-corrected chi connectivity index (χ2v) is 1.50. The van der Waals surface area contributed by atoms with Crippen LogP contribution < -0.4 is 0 Å². The van der Waals surface area contributed by atoms with Crippen LogP contribution in [0.3, 0.4) is 0 Å². The van der Waals surface area contributed by atoms with Crippen molar-refractivity contribution >= 4 is 29.0 Å². The second kappa shape index (κ2) is 11.1. The SMILES string of the molecule is CCCCC(=O)O.O.[H-].[H-].[Mg+2]. The van der Waals surface area contributed by atoms with Gasteiger partial charge in [0.15, 0.2) is 0 Å². The first-order valence-electron chi connectivity index (χ1n) is 2.49. The largest absolute Gasteiger partial charge is 2.00 e. The van der Waals surface area contributed by atoms with Gasteiger partial charge in [0, 0.05) is 6.42 Å². The number of carboxylic acid groups (broad SMARTS) is 1. The molecule has 0 aromatic rings. The number of carboxylic acids is 1. The minimum Gasteiger partial charge on any atom is -1.00 e. The Kier molecular flexibility index (Phi) is 19.8. The van der Waals surface area contributed by atoms with Gasteiger partial charge in [-0.15, -0.1) is 0 Å². The van der Waals surface area contributed by atoms with Crippen LogP contribution in [0, 0.1) is 0 Å². The summed E-state index contributed by atoms with van der Waals surface area (Å²) >= 11 is 0. The van der Waals surface area contributed by atoms with Gasteiger partial charge in [-0.25, -0.2) is 0 Å². The standard InChI is InChI=1S/C5H10O2.Mg.H2O.2H/c1-2-3-4-5(6)7;;;;/h2-4H2,1H3,(H,6,7);;1H2;;/q;+2;;2*-1. The summed E-state index contributed by atoms with van der Waals surface area (Å²) in [5.74, 6) is -0.693. The van der Waals surface area contributed by atoms with Crippen LogP contribution in [0.4, 0.5) is 0 Å².